The van der Waals surface area contributed by atoms with Crippen molar-refractivity contribution in [3.63, 3.8) is 0 Å². The van der Waals surface area contributed by atoms with Gasteiger partial charge in [-0.05, 0) is 154 Å². The number of hydrogen-bond donors (Lipinski definition) is 0. The molecule has 0 radical (unpaired) electrons. The number of ether oxygens (including phenoxy) is 3. The van der Waals surface area contributed by atoms with Gasteiger partial charge in [-0.3, -0.25) is 14.4 Å². The van der Waals surface area contributed by atoms with Crippen molar-refractivity contribution in [1.29, 1.82) is 0 Å². The molecule has 1 atom stereocenters. The predicted molar refractivity (Wildman–Crippen MR) is 334 cm³/mol. The first-order valence-corrected chi connectivity index (χ1v) is 30.3. The van der Waals surface area contributed by atoms with E-state index in [9.17, 15) is 14.4 Å². The highest BCUT2D eigenvalue weighted by molar-refractivity contribution is 5.71. The molecule has 428 valence electrons. The molecule has 0 rings (SSSR count). The highest BCUT2D eigenvalue weighted by Gasteiger charge is 2.19. The molecule has 0 saturated carbocycles. The minimum Gasteiger partial charge on any atom is -0.462 e. The zero-order valence-corrected chi connectivity index (χ0v) is 48.9. The SMILES string of the molecule is CC/C=C\C/C=C\C/C=C\C/C=C\C/C=C\C/C=C\CCCCCCC(=O)OCC(COC(=O)CCCCCC/C=C\C/C=C\C/C=C\C/C=C\CC)OC(=O)CCCCC/C=C\C/C=C\C/C=C\C/C=C\C/C=C\CC. The maximum Gasteiger partial charge on any atom is 0.306 e. The van der Waals surface area contributed by atoms with Crippen LogP contribution in [0.1, 0.15) is 226 Å². The van der Waals surface area contributed by atoms with Gasteiger partial charge >= 0.3 is 17.9 Å². The van der Waals surface area contributed by atoms with Crippen LogP contribution < -0.4 is 0 Å². The molecule has 77 heavy (non-hydrogen) atoms. The summed E-state index contributed by atoms with van der Waals surface area (Å²) in [5, 5.41) is 0. The number of carbonyl (C=O) groups excluding carboxylic acids is 3. The van der Waals surface area contributed by atoms with E-state index in [4.69, 9.17) is 14.2 Å². The molecule has 0 aromatic rings. The van der Waals surface area contributed by atoms with Crippen LogP contribution in [-0.2, 0) is 28.6 Å². The summed E-state index contributed by atoms with van der Waals surface area (Å²) in [7, 11) is 0. The Morgan fingerprint density at radius 1 is 0.260 bits per heavy atom. The molecule has 0 fully saturated rings. The molecule has 6 nitrogen and oxygen atoms in total. The zero-order valence-electron chi connectivity index (χ0n) is 48.9. The third kappa shape index (κ3) is 61.2. The van der Waals surface area contributed by atoms with Gasteiger partial charge in [-0.2, -0.15) is 0 Å². The Bertz CT molecular complexity index is 1840. The van der Waals surface area contributed by atoms with E-state index in [1.165, 1.54) is 0 Å². The third-order valence-electron chi connectivity index (χ3n) is 11.9. The first-order chi connectivity index (χ1) is 38.0. The fourth-order valence-electron chi connectivity index (χ4n) is 7.46. The van der Waals surface area contributed by atoms with Crippen LogP contribution in [0.3, 0.4) is 0 Å². The lowest BCUT2D eigenvalue weighted by Gasteiger charge is -2.18. The normalized spacial score (nSPS) is 13.4. The molecule has 1 unspecified atom stereocenters. The molecule has 0 heterocycles. The largest absolute Gasteiger partial charge is 0.462 e. The van der Waals surface area contributed by atoms with Crippen LogP contribution in [0.25, 0.3) is 0 Å². The van der Waals surface area contributed by atoms with Crippen molar-refractivity contribution >= 4 is 17.9 Å². The molecule has 0 saturated heterocycles. The Morgan fingerprint density at radius 3 is 0.727 bits per heavy atom. The maximum atomic E-state index is 12.9. The van der Waals surface area contributed by atoms with Crippen molar-refractivity contribution in [1.82, 2.24) is 0 Å². The first-order valence-electron chi connectivity index (χ1n) is 30.3. The van der Waals surface area contributed by atoms with Crippen LogP contribution in [0.5, 0.6) is 0 Å². The Balaban J connectivity index is 4.58. The van der Waals surface area contributed by atoms with Crippen LogP contribution >= 0.6 is 0 Å². The minimum atomic E-state index is -0.829. The second-order valence-corrected chi connectivity index (χ2v) is 19.1. The number of rotatable bonds is 52. The van der Waals surface area contributed by atoms with Gasteiger partial charge in [0, 0.05) is 19.3 Å². The lowest BCUT2D eigenvalue weighted by atomic mass is 10.1. The van der Waals surface area contributed by atoms with Crippen molar-refractivity contribution in [2.24, 2.45) is 0 Å². The van der Waals surface area contributed by atoms with Crippen LogP contribution in [0.2, 0.25) is 0 Å². The van der Waals surface area contributed by atoms with Gasteiger partial charge in [0.05, 0.1) is 0 Å². The van der Waals surface area contributed by atoms with Crippen LogP contribution in [0.15, 0.2) is 182 Å². The quantitative estimate of drug-likeness (QED) is 0.0261. The number of allylic oxidation sites excluding steroid dienone is 30. The summed E-state index contributed by atoms with van der Waals surface area (Å²) in [6.45, 7) is 6.21. The van der Waals surface area contributed by atoms with E-state index >= 15 is 0 Å². The summed E-state index contributed by atoms with van der Waals surface area (Å²) in [4.78, 5) is 38.3. The highest BCUT2D eigenvalue weighted by atomic mass is 16.6. The van der Waals surface area contributed by atoms with Crippen molar-refractivity contribution in [2.45, 2.75) is 232 Å². The first kappa shape index (κ1) is 71.5. The standard InChI is InChI=1S/C71H108O6/c1-4-7-10-13-16-19-22-25-28-31-33-34-35-36-38-40-43-46-49-52-55-58-61-64-70(73)76-67-68(66-75-69(72)63-60-57-54-51-48-45-42-39-30-27-24-21-18-15-12-9-6-3)77-71(74)65-62-59-56-53-50-47-44-41-37-32-29-26-23-20-17-14-11-8-5-2/h7-12,16-21,25-30,33-34,36-38,41-43,45-47,50,68H,4-6,13-15,22-24,31-32,35,39-40,44,48-49,51-67H2,1-3H3/b10-7-,11-8-,12-9-,19-16-,20-17-,21-18-,28-25-,29-26-,30-27-,34-33-,38-36-,41-37-,45-42-,46-43-,50-47-. The van der Waals surface area contributed by atoms with Crippen LogP contribution in [0.4, 0.5) is 0 Å². The molecule has 0 bridgehead atoms. The Morgan fingerprint density at radius 2 is 0.468 bits per heavy atom. The molecule has 0 aliphatic carbocycles. The van der Waals surface area contributed by atoms with E-state index in [1.54, 1.807) is 0 Å². The van der Waals surface area contributed by atoms with Gasteiger partial charge in [0.15, 0.2) is 6.10 Å². The topological polar surface area (TPSA) is 78.9 Å². The zero-order chi connectivity index (χ0) is 55.7. The van der Waals surface area contributed by atoms with E-state index in [-0.39, 0.29) is 37.5 Å². The Labute approximate surface area is 472 Å². The predicted octanol–water partition coefficient (Wildman–Crippen LogP) is 20.9. The monoisotopic (exact) mass is 1060 g/mol. The van der Waals surface area contributed by atoms with Gasteiger partial charge in [0.1, 0.15) is 13.2 Å². The van der Waals surface area contributed by atoms with Gasteiger partial charge in [0.2, 0.25) is 0 Å². The van der Waals surface area contributed by atoms with Crippen molar-refractivity contribution in [3.05, 3.63) is 182 Å². The summed E-state index contributed by atoms with van der Waals surface area (Å²) in [6, 6.07) is 0. The molecule has 0 N–H and O–H groups in total. The average Bonchev–Trinajstić information content (AvgIpc) is 3.43. The molecule has 0 aromatic heterocycles. The summed E-state index contributed by atoms with van der Waals surface area (Å²) >= 11 is 0. The summed E-state index contributed by atoms with van der Waals surface area (Å²) in [6.07, 6.45) is 94.5. The van der Waals surface area contributed by atoms with E-state index < -0.39 is 6.10 Å². The number of hydrogen-bond acceptors (Lipinski definition) is 6. The molecule has 0 amide bonds. The number of carbonyl (C=O) groups is 3. The molecular formula is C71H108O6. The van der Waals surface area contributed by atoms with Gasteiger partial charge in [-0.15, -0.1) is 0 Å². The second kappa shape index (κ2) is 63.0. The molecule has 0 aliphatic rings. The van der Waals surface area contributed by atoms with Crippen molar-refractivity contribution in [3.8, 4) is 0 Å². The average molecular weight is 1060 g/mol. The minimum absolute atomic E-state index is 0.123. The lowest BCUT2D eigenvalue weighted by Crippen LogP contribution is -2.30. The van der Waals surface area contributed by atoms with Crippen LogP contribution in [-0.4, -0.2) is 37.2 Å². The molecule has 0 aromatic carbocycles. The van der Waals surface area contributed by atoms with Crippen LogP contribution in [0, 0.1) is 0 Å². The van der Waals surface area contributed by atoms with Gasteiger partial charge in [0.25, 0.3) is 0 Å². The van der Waals surface area contributed by atoms with Gasteiger partial charge in [-0.25, -0.2) is 0 Å². The summed E-state index contributed by atoms with van der Waals surface area (Å²) in [5.74, 6) is -1.01. The van der Waals surface area contributed by atoms with Gasteiger partial charge < -0.3 is 14.2 Å². The smallest absolute Gasteiger partial charge is 0.306 e. The summed E-state index contributed by atoms with van der Waals surface area (Å²) < 4.78 is 16.8. The van der Waals surface area contributed by atoms with E-state index in [0.717, 1.165) is 180 Å². The third-order valence-corrected chi connectivity index (χ3v) is 11.9. The maximum absolute atomic E-state index is 12.9. The number of unbranched alkanes of at least 4 members (excludes halogenated alkanes) is 11. The molecule has 6 heteroatoms. The molecular weight excluding hydrogens is 949 g/mol. The molecule has 0 aliphatic heterocycles. The fraction of sp³-hybridized carbons (Fsp3) is 0.535. The van der Waals surface area contributed by atoms with Gasteiger partial charge in [-0.1, -0.05) is 235 Å². The lowest BCUT2D eigenvalue weighted by molar-refractivity contribution is -0.167. The van der Waals surface area contributed by atoms with E-state index in [0.29, 0.717) is 19.3 Å². The fourth-order valence-corrected chi connectivity index (χ4v) is 7.46. The van der Waals surface area contributed by atoms with E-state index in [1.807, 2.05) is 0 Å². The Hall–Kier alpha value is -5.49. The summed E-state index contributed by atoms with van der Waals surface area (Å²) in [5.41, 5.74) is 0. The highest BCUT2D eigenvalue weighted by Crippen LogP contribution is 2.12. The molecule has 0 spiro atoms. The Kier molecular flexibility index (Phi) is 58.6. The number of esters is 3. The van der Waals surface area contributed by atoms with Crippen molar-refractivity contribution in [2.75, 3.05) is 13.2 Å². The second-order valence-electron chi connectivity index (χ2n) is 19.1. The van der Waals surface area contributed by atoms with E-state index in [2.05, 4.69) is 203 Å². The van der Waals surface area contributed by atoms with Crippen molar-refractivity contribution < 1.29 is 28.6 Å².